The van der Waals surface area contributed by atoms with Crippen LogP contribution in [0.5, 0.6) is 5.75 Å². The number of likely N-dealkylation sites (tertiary alicyclic amines) is 1. The lowest BCUT2D eigenvalue weighted by Crippen LogP contribution is -2.49. The number of hydrogen-bond acceptors (Lipinski definition) is 4. The van der Waals surface area contributed by atoms with Gasteiger partial charge in [0.2, 0.25) is 15.9 Å². The molecule has 1 atom stereocenters. The minimum Gasteiger partial charge on any atom is -0.494 e. The summed E-state index contributed by atoms with van der Waals surface area (Å²) in [5.41, 5.74) is 0.474. The minimum absolute atomic E-state index is 0.138. The van der Waals surface area contributed by atoms with Crippen molar-refractivity contribution in [1.82, 2.24) is 4.90 Å². The van der Waals surface area contributed by atoms with Crippen LogP contribution in [0, 0.1) is 0 Å². The van der Waals surface area contributed by atoms with Crippen LogP contribution in [0.25, 0.3) is 0 Å². The highest BCUT2D eigenvalue weighted by Crippen LogP contribution is 2.25. The Morgan fingerprint density at radius 1 is 1.16 bits per heavy atom. The summed E-state index contributed by atoms with van der Waals surface area (Å²) >= 11 is 0. The maximum absolute atomic E-state index is 12.9. The molecule has 6 nitrogen and oxygen atoms in total. The summed E-state index contributed by atoms with van der Waals surface area (Å²) in [6.07, 6.45) is 5.32. The lowest BCUT2D eigenvalue weighted by molar-refractivity contribution is -0.131. The van der Waals surface area contributed by atoms with Crippen LogP contribution in [-0.4, -0.2) is 51.2 Å². The first-order valence-electron chi connectivity index (χ1n) is 8.85. The zero-order valence-electron chi connectivity index (χ0n) is 15.3. The third-order valence-corrected chi connectivity index (χ3v) is 5.63. The number of rotatable bonds is 6. The highest BCUT2D eigenvalue weighted by Gasteiger charge is 2.32. The smallest absolute Gasteiger partial charge is 0.246 e. The van der Waals surface area contributed by atoms with E-state index < -0.39 is 16.1 Å². The van der Waals surface area contributed by atoms with E-state index >= 15 is 0 Å². The van der Waals surface area contributed by atoms with Crippen LogP contribution in [0.3, 0.4) is 0 Å². The normalized spacial score (nSPS) is 16.8. The Morgan fingerprint density at radius 3 is 2.20 bits per heavy atom. The number of carbonyl (C=O) groups excluding carboxylic acids is 1. The molecule has 1 heterocycles. The first kappa shape index (κ1) is 19.6. The number of sulfonamides is 1. The van der Waals surface area contributed by atoms with Gasteiger partial charge in [0.25, 0.3) is 0 Å². The molecule has 1 aliphatic rings. The average Bonchev–Trinajstić information content (AvgIpc) is 2.84. The van der Waals surface area contributed by atoms with E-state index in [0.717, 1.165) is 31.9 Å². The van der Waals surface area contributed by atoms with Gasteiger partial charge in [0.1, 0.15) is 11.8 Å². The third-order valence-electron chi connectivity index (χ3n) is 4.39. The molecule has 7 heteroatoms. The second-order valence-corrected chi connectivity index (χ2v) is 8.26. The van der Waals surface area contributed by atoms with Gasteiger partial charge in [0.15, 0.2) is 0 Å². The van der Waals surface area contributed by atoms with Gasteiger partial charge in [-0.05, 0) is 51.0 Å². The van der Waals surface area contributed by atoms with Crippen molar-refractivity contribution in [2.45, 2.75) is 45.6 Å². The monoisotopic (exact) mass is 368 g/mol. The molecule has 0 N–H and O–H groups in total. The van der Waals surface area contributed by atoms with Crippen LogP contribution < -0.4 is 9.04 Å². The van der Waals surface area contributed by atoms with Gasteiger partial charge in [-0.15, -0.1) is 0 Å². The molecule has 0 spiro atoms. The van der Waals surface area contributed by atoms with Gasteiger partial charge in [-0.2, -0.15) is 0 Å². The molecule has 0 aliphatic carbocycles. The van der Waals surface area contributed by atoms with Crippen molar-refractivity contribution in [2.75, 3.05) is 30.3 Å². The van der Waals surface area contributed by atoms with Crippen molar-refractivity contribution in [3.8, 4) is 5.75 Å². The van der Waals surface area contributed by atoms with Gasteiger partial charge in [-0.25, -0.2) is 8.42 Å². The second-order valence-electron chi connectivity index (χ2n) is 6.40. The topological polar surface area (TPSA) is 66.9 Å². The van der Waals surface area contributed by atoms with E-state index in [1.807, 2.05) is 6.92 Å². The Bertz CT molecular complexity index is 665. The van der Waals surface area contributed by atoms with Crippen LogP contribution in [0.15, 0.2) is 24.3 Å². The molecule has 0 radical (unpaired) electrons. The largest absolute Gasteiger partial charge is 0.494 e. The van der Waals surface area contributed by atoms with Crippen molar-refractivity contribution < 1.29 is 17.9 Å². The predicted octanol–water partition coefficient (Wildman–Crippen LogP) is 2.64. The Labute approximate surface area is 150 Å². The van der Waals surface area contributed by atoms with Gasteiger partial charge in [-0.1, -0.05) is 12.8 Å². The zero-order valence-corrected chi connectivity index (χ0v) is 16.1. The number of anilines is 1. The van der Waals surface area contributed by atoms with Crippen LogP contribution in [0.1, 0.15) is 39.5 Å². The van der Waals surface area contributed by atoms with Gasteiger partial charge >= 0.3 is 0 Å². The fourth-order valence-electron chi connectivity index (χ4n) is 3.21. The number of nitrogens with zero attached hydrogens (tertiary/aromatic N) is 2. The molecule has 2 rings (SSSR count). The fraction of sp³-hybridized carbons (Fsp3) is 0.611. The molecule has 0 aromatic heterocycles. The molecule has 1 saturated heterocycles. The van der Waals surface area contributed by atoms with Crippen LogP contribution >= 0.6 is 0 Å². The lowest BCUT2D eigenvalue weighted by Gasteiger charge is -2.32. The molecule has 140 valence electrons. The minimum atomic E-state index is -3.59. The molecule has 1 amide bonds. The molecule has 1 aromatic rings. The van der Waals surface area contributed by atoms with Gasteiger partial charge in [0.05, 0.1) is 18.6 Å². The van der Waals surface area contributed by atoms with E-state index in [-0.39, 0.29) is 5.91 Å². The number of hydrogen-bond donors (Lipinski definition) is 0. The molecular weight excluding hydrogens is 340 g/mol. The van der Waals surface area contributed by atoms with Crippen LogP contribution in [-0.2, 0) is 14.8 Å². The number of ether oxygens (including phenoxy) is 1. The first-order valence-corrected chi connectivity index (χ1v) is 10.7. The summed E-state index contributed by atoms with van der Waals surface area (Å²) in [7, 11) is -3.59. The van der Waals surface area contributed by atoms with E-state index in [2.05, 4.69) is 0 Å². The summed E-state index contributed by atoms with van der Waals surface area (Å²) in [4.78, 5) is 14.7. The summed E-state index contributed by atoms with van der Waals surface area (Å²) < 4.78 is 31.3. The highest BCUT2D eigenvalue weighted by molar-refractivity contribution is 7.92. The van der Waals surface area contributed by atoms with Crippen molar-refractivity contribution in [3.05, 3.63) is 24.3 Å². The second kappa shape index (κ2) is 8.56. The zero-order chi connectivity index (χ0) is 18.4. The molecular formula is C18H28N2O4S. The number of carbonyl (C=O) groups is 1. The van der Waals surface area contributed by atoms with Crippen LogP contribution in [0.4, 0.5) is 5.69 Å². The van der Waals surface area contributed by atoms with Gasteiger partial charge in [0, 0.05) is 13.1 Å². The summed E-state index contributed by atoms with van der Waals surface area (Å²) in [5.74, 6) is 0.535. The van der Waals surface area contributed by atoms with Crippen molar-refractivity contribution in [1.29, 1.82) is 0 Å². The Hall–Kier alpha value is -1.76. The molecule has 1 aromatic carbocycles. The summed E-state index contributed by atoms with van der Waals surface area (Å²) in [6.45, 7) is 5.48. The molecule has 0 bridgehead atoms. The summed E-state index contributed by atoms with van der Waals surface area (Å²) in [6, 6.07) is 6.03. The SMILES string of the molecule is CCOc1ccc(N([C@@H](C)C(=O)N2CCCCCC2)S(C)(=O)=O)cc1. The van der Waals surface area contributed by atoms with Gasteiger partial charge in [-0.3, -0.25) is 9.10 Å². The van der Waals surface area contributed by atoms with E-state index in [4.69, 9.17) is 4.74 Å². The van der Waals surface area contributed by atoms with E-state index in [9.17, 15) is 13.2 Å². The summed E-state index contributed by atoms with van der Waals surface area (Å²) in [5, 5.41) is 0. The molecule has 25 heavy (non-hydrogen) atoms. The van der Waals surface area contributed by atoms with Crippen LogP contribution in [0.2, 0.25) is 0 Å². The number of benzene rings is 1. The highest BCUT2D eigenvalue weighted by atomic mass is 32.2. The maximum atomic E-state index is 12.9. The molecule has 0 unspecified atom stereocenters. The van der Waals surface area contributed by atoms with Crippen molar-refractivity contribution >= 4 is 21.6 Å². The fourth-order valence-corrected chi connectivity index (χ4v) is 4.38. The Kier molecular flexibility index (Phi) is 6.70. The first-order chi connectivity index (χ1) is 11.8. The standard InChI is InChI=1S/C18H28N2O4S/c1-4-24-17-11-9-16(10-12-17)20(25(3,22)23)15(2)18(21)19-13-7-5-6-8-14-19/h9-12,15H,4-8,13-14H2,1-3H3/t15-/m0/s1. The molecule has 1 fully saturated rings. The Balaban J connectivity index is 2.25. The van der Waals surface area contributed by atoms with E-state index in [0.29, 0.717) is 31.1 Å². The van der Waals surface area contributed by atoms with Crippen molar-refractivity contribution in [3.63, 3.8) is 0 Å². The van der Waals surface area contributed by atoms with E-state index in [1.165, 1.54) is 4.31 Å². The molecule has 1 aliphatic heterocycles. The lowest BCUT2D eigenvalue weighted by atomic mass is 10.2. The Morgan fingerprint density at radius 2 is 1.72 bits per heavy atom. The molecule has 0 saturated carbocycles. The predicted molar refractivity (Wildman–Crippen MR) is 99.4 cm³/mol. The van der Waals surface area contributed by atoms with Crippen molar-refractivity contribution in [2.24, 2.45) is 0 Å². The van der Waals surface area contributed by atoms with E-state index in [1.54, 1.807) is 36.1 Å². The third kappa shape index (κ3) is 5.11. The van der Waals surface area contributed by atoms with Gasteiger partial charge < -0.3 is 9.64 Å². The average molecular weight is 368 g/mol. The number of amides is 1. The maximum Gasteiger partial charge on any atom is 0.246 e. The quantitative estimate of drug-likeness (QED) is 0.774.